The summed E-state index contributed by atoms with van der Waals surface area (Å²) in [5.41, 5.74) is 4.59. The molecule has 1 N–H and O–H groups in total. The third-order valence-corrected chi connectivity index (χ3v) is 3.63. The third-order valence-electron chi connectivity index (χ3n) is 3.63. The van der Waals surface area contributed by atoms with Gasteiger partial charge in [-0.15, -0.1) is 0 Å². The zero-order chi connectivity index (χ0) is 15.9. The first kappa shape index (κ1) is 16.2. The van der Waals surface area contributed by atoms with Crippen LogP contribution in [0.4, 0.5) is 5.69 Å². The van der Waals surface area contributed by atoms with Crippen LogP contribution in [0.25, 0.3) is 0 Å². The number of carbonyl (C=O) groups excluding carboxylic acids is 1. The van der Waals surface area contributed by atoms with E-state index in [2.05, 4.69) is 43.4 Å². The van der Waals surface area contributed by atoms with E-state index in [0.717, 1.165) is 18.7 Å². The number of benzene rings is 2. The van der Waals surface area contributed by atoms with Crippen molar-refractivity contribution in [3.05, 3.63) is 65.2 Å². The topological polar surface area (TPSA) is 32.3 Å². The molecule has 0 unspecified atom stereocenters. The highest BCUT2D eigenvalue weighted by molar-refractivity contribution is 5.92. The maximum Gasteiger partial charge on any atom is 0.238 e. The predicted molar refractivity (Wildman–Crippen MR) is 92.0 cm³/mol. The molecule has 0 aromatic heterocycles. The van der Waals surface area contributed by atoms with Gasteiger partial charge < -0.3 is 5.32 Å². The minimum absolute atomic E-state index is 0.0128. The van der Waals surface area contributed by atoms with Crippen LogP contribution in [0.2, 0.25) is 0 Å². The maximum absolute atomic E-state index is 12.1. The molecule has 0 fully saturated rings. The Hall–Kier alpha value is -2.13. The molecule has 0 radical (unpaired) electrons. The van der Waals surface area contributed by atoms with Crippen LogP contribution in [0.5, 0.6) is 0 Å². The van der Waals surface area contributed by atoms with Crippen molar-refractivity contribution in [3.63, 3.8) is 0 Å². The maximum atomic E-state index is 12.1. The van der Waals surface area contributed by atoms with E-state index >= 15 is 0 Å². The van der Waals surface area contributed by atoms with Crippen molar-refractivity contribution in [2.45, 2.75) is 26.8 Å². The smallest absolute Gasteiger partial charge is 0.238 e. The quantitative estimate of drug-likeness (QED) is 0.883. The molecule has 2 aromatic rings. The Labute approximate surface area is 133 Å². The average molecular weight is 296 g/mol. The van der Waals surface area contributed by atoms with E-state index in [0.29, 0.717) is 6.54 Å². The minimum atomic E-state index is 0.0128. The van der Waals surface area contributed by atoms with E-state index in [1.807, 2.05) is 36.2 Å². The Kier molecular flexibility index (Phi) is 5.73. The Morgan fingerprint density at radius 1 is 1.00 bits per heavy atom. The number of nitrogens with zero attached hydrogens (tertiary/aromatic N) is 1. The standard InChI is InChI=1S/C19H24N2O/c1-4-16-9-11-18(12-10-16)20-19(22)14-21(3)13-17-7-5-15(2)6-8-17/h5-12H,4,13-14H2,1-3H3,(H,20,22). The Balaban J connectivity index is 1.83. The molecular weight excluding hydrogens is 272 g/mol. The van der Waals surface area contributed by atoms with Crippen molar-refractivity contribution in [3.8, 4) is 0 Å². The number of carbonyl (C=O) groups is 1. The molecule has 0 saturated heterocycles. The van der Waals surface area contributed by atoms with Crippen LogP contribution in [-0.2, 0) is 17.8 Å². The van der Waals surface area contributed by atoms with Gasteiger partial charge in [0.1, 0.15) is 0 Å². The molecule has 116 valence electrons. The van der Waals surface area contributed by atoms with Gasteiger partial charge in [0.05, 0.1) is 6.54 Å². The van der Waals surface area contributed by atoms with E-state index in [1.54, 1.807) is 0 Å². The highest BCUT2D eigenvalue weighted by Gasteiger charge is 2.07. The Bertz CT molecular complexity index is 602. The first-order valence-electron chi connectivity index (χ1n) is 7.69. The molecule has 0 aliphatic carbocycles. The fraction of sp³-hybridized carbons (Fsp3) is 0.316. The summed E-state index contributed by atoms with van der Waals surface area (Å²) in [7, 11) is 1.96. The van der Waals surface area contributed by atoms with Gasteiger partial charge in [0, 0.05) is 12.2 Å². The van der Waals surface area contributed by atoms with Crippen molar-refractivity contribution in [1.29, 1.82) is 0 Å². The molecule has 0 aliphatic rings. The SMILES string of the molecule is CCc1ccc(NC(=O)CN(C)Cc2ccc(C)cc2)cc1. The Morgan fingerprint density at radius 3 is 2.18 bits per heavy atom. The van der Waals surface area contributed by atoms with Crippen LogP contribution in [-0.4, -0.2) is 24.4 Å². The van der Waals surface area contributed by atoms with Crippen LogP contribution >= 0.6 is 0 Å². The second kappa shape index (κ2) is 7.76. The van der Waals surface area contributed by atoms with Crippen molar-refractivity contribution >= 4 is 11.6 Å². The van der Waals surface area contributed by atoms with Crippen LogP contribution in [0, 0.1) is 6.92 Å². The molecule has 3 heteroatoms. The van der Waals surface area contributed by atoms with Gasteiger partial charge in [-0.2, -0.15) is 0 Å². The van der Waals surface area contributed by atoms with Crippen LogP contribution in [0.1, 0.15) is 23.6 Å². The van der Waals surface area contributed by atoms with Crippen molar-refractivity contribution < 1.29 is 4.79 Å². The van der Waals surface area contributed by atoms with Gasteiger partial charge in [-0.25, -0.2) is 0 Å². The molecule has 0 aliphatic heterocycles. The van der Waals surface area contributed by atoms with Gasteiger partial charge in [0.2, 0.25) is 5.91 Å². The van der Waals surface area contributed by atoms with Gasteiger partial charge in [-0.1, -0.05) is 48.9 Å². The van der Waals surface area contributed by atoms with Crippen molar-refractivity contribution in [1.82, 2.24) is 4.90 Å². The molecule has 22 heavy (non-hydrogen) atoms. The largest absolute Gasteiger partial charge is 0.325 e. The summed E-state index contributed by atoms with van der Waals surface area (Å²) >= 11 is 0. The zero-order valence-electron chi connectivity index (χ0n) is 13.6. The van der Waals surface area contributed by atoms with E-state index in [4.69, 9.17) is 0 Å². The third kappa shape index (κ3) is 5.01. The van der Waals surface area contributed by atoms with E-state index in [9.17, 15) is 4.79 Å². The molecule has 0 spiro atoms. The predicted octanol–water partition coefficient (Wildman–Crippen LogP) is 3.63. The first-order valence-corrected chi connectivity index (χ1v) is 7.69. The molecule has 2 rings (SSSR count). The molecular formula is C19H24N2O. The van der Waals surface area contributed by atoms with Crippen molar-refractivity contribution in [2.75, 3.05) is 18.9 Å². The highest BCUT2D eigenvalue weighted by atomic mass is 16.2. The number of nitrogens with one attached hydrogen (secondary N) is 1. The van der Waals surface area contributed by atoms with Gasteiger partial charge in [-0.05, 0) is 43.7 Å². The molecule has 0 bridgehead atoms. The molecule has 0 saturated carbocycles. The molecule has 1 amide bonds. The first-order chi connectivity index (χ1) is 10.6. The minimum Gasteiger partial charge on any atom is -0.325 e. The second-order valence-electron chi connectivity index (χ2n) is 5.76. The fourth-order valence-corrected chi connectivity index (χ4v) is 2.33. The summed E-state index contributed by atoms with van der Waals surface area (Å²) in [5, 5.41) is 2.94. The van der Waals surface area contributed by atoms with Gasteiger partial charge in [0.15, 0.2) is 0 Å². The number of amides is 1. The summed E-state index contributed by atoms with van der Waals surface area (Å²) < 4.78 is 0. The fourth-order valence-electron chi connectivity index (χ4n) is 2.33. The number of aryl methyl sites for hydroxylation is 2. The van der Waals surface area contributed by atoms with Gasteiger partial charge >= 0.3 is 0 Å². The summed E-state index contributed by atoms with van der Waals surface area (Å²) in [5.74, 6) is 0.0128. The highest BCUT2D eigenvalue weighted by Crippen LogP contribution is 2.10. The van der Waals surface area contributed by atoms with E-state index in [-0.39, 0.29) is 5.91 Å². The average Bonchev–Trinajstić information content (AvgIpc) is 2.50. The molecule has 3 nitrogen and oxygen atoms in total. The normalized spacial score (nSPS) is 10.7. The van der Waals surface area contributed by atoms with Crippen LogP contribution < -0.4 is 5.32 Å². The van der Waals surface area contributed by atoms with Crippen LogP contribution in [0.15, 0.2) is 48.5 Å². The van der Waals surface area contributed by atoms with E-state index < -0.39 is 0 Å². The van der Waals surface area contributed by atoms with Crippen LogP contribution in [0.3, 0.4) is 0 Å². The van der Waals surface area contributed by atoms with E-state index in [1.165, 1.54) is 16.7 Å². The lowest BCUT2D eigenvalue weighted by molar-refractivity contribution is -0.117. The number of anilines is 1. The number of likely N-dealkylation sites (N-methyl/N-ethyl adjacent to an activating group) is 1. The molecule has 2 aromatic carbocycles. The number of rotatable bonds is 6. The van der Waals surface area contributed by atoms with Gasteiger partial charge in [0.25, 0.3) is 0 Å². The summed E-state index contributed by atoms with van der Waals surface area (Å²) in [6.45, 7) is 5.34. The monoisotopic (exact) mass is 296 g/mol. The number of hydrogen-bond donors (Lipinski definition) is 1. The summed E-state index contributed by atoms with van der Waals surface area (Å²) in [6, 6.07) is 16.4. The van der Waals surface area contributed by atoms with Gasteiger partial charge in [-0.3, -0.25) is 9.69 Å². The number of hydrogen-bond acceptors (Lipinski definition) is 2. The lowest BCUT2D eigenvalue weighted by Crippen LogP contribution is -2.29. The molecule has 0 atom stereocenters. The van der Waals surface area contributed by atoms with Crippen molar-refractivity contribution in [2.24, 2.45) is 0 Å². The zero-order valence-corrected chi connectivity index (χ0v) is 13.6. The summed E-state index contributed by atoms with van der Waals surface area (Å²) in [4.78, 5) is 14.1. The summed E-state index contributed by atoms with van der Waals surface area (Å²) in [6.07, 6.45) is 1.01. The lowest BCUT2D eigenvalue weighted by Gasteiger charge is -2.16. The lowest BCUT2D eigenvalue weighted by atomic mass is 10.1. The molecule has 0 heterocycles. The second-order valence-corrected chi connectivity index (χ2v) is 5.76. The Morgan fingerprint density at radius 2 is 1.59 bits per heavy atom.